The number of hydrogen-bond donors (Lipinski definition) is 0. The van der Waals surface area contributed by atoms with Crippen molar-refractivity contribution in [1.29, 1.82) is 0 Å². The van der Waals surface area contributed by atoms with Crippen molar-refractivity contribution in [3.8, 4) is 0 Å². The molecule has 1 unspecified atom stereocenters. The van der Waals surface area contributed by atoms with E-state index in [9.17, 15) is 0 Å². The van der Waals surface area contributed by atoms with Gasteiger partial charge in [0.15, 0.2) is 0 Å². The summed E-state index contributed by atoms with van der Waals surface area (Å²) < 4.78 is 0. The van der Waals surface area contributed by atoms with Gasteiger partial charge in [0, 0.05) is 34.7 Å². The van der Waals surface area contributed by atoms with Crippen LogP contribution in [-0.2, 0) is 34.7 Å². The Bertz CT molecular complexity index is 107. The van der Waals surface area contributed by atoms with Gasteiger partial charge in [-0.15, -0.1) is 5.54 Å². The van der Waals surface area contributed by atoms with Gasteiger partial charge in [0.05, 0.1) is 0 Å². The van der Waals surface area contributed by atoms with Crippen molar-refractivity contribution in [2.24, 2.45) is 0 Å². The van der Waals surface area contributed by atoms with Crippen molar-refractivity contribution < 1.29 is 34.7 Å². The molecule has 0 radical (unpaired) electrons. The molecule has 1 rings (SSSR count). The van der Waals surface area contributed by atoms with E-state index >= 15 is 0 Å². The third-order valence-corrected chi connectivity index (χ3v) is 1.81. The smallest absolute Gasteiger partial charge is 0 e. The first-order valence-electron chi connectivity index (χ1n) is 3.45. The summed E-state index contributed by atoms with van der Waals surface area (Å²) in [6, 6.07) is 0. The van der Waals surface area contributed by atoms with E-state index in [1.165, 1.54) is 6.42 Å². The molecule has 1 aliphatic rings. The second-order valence-electron chi connectivity index (χ2n) is 3.22. The number of rotatable bonds is 1. The van der Waals surface area contributed by atoms with Gasteiger partial charge in [-0.2, -0.15) is 7.05 Å². The Kier molecular flexibility index (Phi) is 7.38. The first-order chi connectivity index (χ1) is 4.14. The molecule has 1 saturated heterocycles. The second-order valence-corrected chi connectivity index (χ2v) is 3.22. The van der Waals surface area contributed by atoms with Gasteiger partial charge in [-0.25, -0.2) is 6.17 Å². The summed E-state index contributed by atoms with van der Waals surface area (Å²) >= 11 is 0. The molecule has 66 valence electrons. The minimum atomic E-state index is 0. The summed E-state index contributed by atoms with van der Waals surface area (Å²) in [5, 5.41) is 8.59. The molecular formula is C7H14Cr2N2-2. The molecule has 1 atom stereocenters. The molecule has 1 heterocycles. The summed E-state index contributed by atoms with van der Waals surface area (Å²) in [5.74, 6) is 0. The molecule has 1 fully saturated rings. The van der Waals surface area contributed by atoms with Crippen LogP contribution in [0.2, 0.25) is 0 Å². The molecule has 0 bridgehead atoms. The Labute approximate surface area is 90.8 Å². The second kappa shape index (κ2) is 5.60. The number of hydrogen-bond acceptors (Lipinski definition) is 0. The predicted molar refractivity (Wildman–Crippen MR) is 39.7 cm³/mol. The molecule has 0 spiro atoms. The summed E-state index contributed by atoms with van der Waals surface area (Å²) in [6.45, 7) is 4.33. The normalized spacial score (nSPS) is 27.0. The van der Waals surface area contributed by atoms with Gasteiger partial charge < -0.3 is 10.6 Å². The minimum absolute atomic E-state index is 0. The van der Waals surface area contributed by atoms with E-state index in [0.29, 0.717) is 6.17 Å². The monoisotopic (exact) mass is 230 g/mol. The summed E-state index contributed by atoms with van der Waals surface area (Å²) in [7, 11) is 1.84. The van der Waals surface area contributed by atoms with Gasteiger partial charge >= 0.3 is 0 Å². The zero-order chi connectivity index (χ0) is 6.91. The van der Waals surface area contributed by atoms with E-state index in [-0.39, 0.29) is 40.3 Å². The third-order valence-electron chi connectivity index (χ3n) is 1.81. The molecule has 0 aromatic rings. The molecule has 0 aromatic carbocycles. The van der Waals surface area contributed by atoms with E-state index < -0.39 is 0 Å². The SMILES string of the molecule is C[N-]C1CCC(C)(C)[N-]1.[Cr].[Cr]. The quantitative estimate of drug-likeness (QED) is 0.661. The third kappa shape index (κ3) is 4.53. The fourth-order valence-electron chi connectivity index (χ4n) is 1.20. The number of nitrogens with zero attached hydrogens (tertiary/aromatic N) is 2. The fraction of sp³-hybridized carbons (Fsp3) is 1.00. The van der Waals surface area contributed by atoms with Crippen molar-refractivity contribution in [3.05, 3.63) is 10.6 Å². The largest absolute Gasteiger partial charge is 0.681 e. The van der Waals surface area contributed by atoms with Gasteiger partial charge in [-0.1, -0.05) is 26.7 Å². The van der Waals surface area contributed by atoms with Gasteiger partial charge in [0.1, 0.15) is 0 Å². The Balaban J connectivity index is 0. The zero-order valence-electron chi connectivity index (χ0n) is 7.20. The van der Waals surface area contributed by atoms with Gasteiger partial charge in [-0.3, -0.25) is 0 Å². The fourth-order valence-corrected chi connectivity index (χ4v) is 1.20. The van der Waals surface area contributed by atoms with Crippen molar-refractivity contribution in [2.75, 3.05) is 7.05 Å². The summed E-state index contributed by atoms with van der Waals surface area (Å²) in [4.78, 5) is 0. The molecule has 0 N–H and O–H groups in total. The molecule has 0 saturated carbocycles. The average Bonchev–Trinajstić information content (AvgIpc) is 2.10. The predicted octanol–water partition coefficient (Wildman–Crippen LogP) is 2.26. The van der Waals surface area contributed by atoms with Crippen molar-refractivity contribution in [2.45, 2.75) is 38.4 Å². The molecule has 2 nitrogen and oxygen atoms in total. The van der Waals surface area contributed by atoms with Crippen LogP contribution < -0.4 is 0 Å². The first-order valence-corrected chi connectivity index (χ1v) is 3.45. The van der Waals surface area contributed by atoms with Crippen LogP contribution >= 0.6 is 0 Å². The zero-order valence-corrected chi connectivity index (χ0v) is 9.75. The maximum Gasteiger partial charge on any atom is 0 e. The van der Waals surface area contributed by atoms with E-state index in [2.05, 4.69) is 24.5 Å². The van der Waals surface area contributed by atoms with Crippen LogP contribution in [0.3, 0.4) is 0 Å². The maximum atomic E-state index is 4.47. The molecule has 1 aliphatic heterocycles. The molecule has 0 aromatic heterocycles. The van der Waals surface area contributed by atoms with Gasteiger partial charge in [0.25, 0.3) is 0 Å². The molecule has 0 amide bonds. The molecule has 4 heteroatoms. The topological polar surface area (TPSA) is 28.2 Å². The summed E-state index contributed by atoms with van der Waals surface area (Å²) in [5.41, 5.74) is 0.199. The van der Waals surface area contributed by atoms with Crippen LogP contribution in [0.4, 0.5) is 0 Å². The van der Waals surface area contributed by atoms with Crippen molar-refractivity contribution in [3.63, 3.8) is 0 Å². The molecule has 0 aliphatic carbocycles. The standard InChI is InChI=1S/C7H14N2.2Cr/c1-7(2)5-4-6(8-3)9-7;;/h6H,4-5H2,1-3H3;;/q-2;;. The average molecular weight is 230 g/mol. The van der Waals surface area contributed by atoms with Crippen LogP contribution in [0.1, 0.15) is 26.7 Å². The first kappa shape index (κ1) is 14.5. The Morgan fingerprint density at radius 2 is 1.91 bits per heavy atom. The van der Waals surface area contributed by atoms with E-state index in [1.807, 2.05) is 7.05 Å². The van der Waals surface area contributed by atoms with Gasteiger partial charge in [0.2, 0.25) is 0 Å². The Morgan fingerprint density at radius 3 is 2.09 bits per heavy atom. The van der Waals surface area contributed by atoms with Crippen LogP contribution in [0.5, 0.6) is 0 Å². The van der Waals surface area contributed by atoms with E-state index in [1.54, 1.807) is 0 Å². The minimum Gasteiger partial charge on any atom is -0.681 e. The van der Waals surface area contributed by atoms with E-state index in [0.717, 1.165) is 6.42 Å². The Hall–Kier alpha value is 0.985. The van der Waals surface area contributed by atoms with E-state index in [4.69, 9.17) is 0 Å². The molecular weight excluding hydrogens is 216 g/mol. The van der Waals surface area contributed by atoms with Crippen molar-refractivity contribution in [1.82, 2.24) is 0 Å². The van der Waals surface area contributed by atoms with Crippen molar-refractivity contribution >= 4 is 0 Å². The molecule has 11 heavy (non-hydrogen) atoms. The van der Waals surface area contributed by atoms with Crippen LogP contribution in [-0.4, -0.2) is 18.8 Å². The van der Waals surface area contributed by atoms with Crippen LogP contribution in [0.15, 0.2) is 0 Å². The summed E-state index contributed by atoms with van der Waals surface area (Å²) in [6.07, 6.45) is 2.62. The Morgan fingerprint density at radius 1 is 1.36 bits per heavy atom. The van der Waals surface area contributed by atoms with Crippen LogP contribution in [0, 0.1) is 0 Å². The van der Waals surface area contributed by atoms with Gasteiger partial charge in [-0.05, 0) is 0 Å². The van der Waals surface area contributed by atoms with Crippen LogP contribution in [0.25, 0.3) is 10.6 Å². The maximum absolute atomic E-state index is 4.47.